The minimum atomic E-state index is -4.21. The van der Waals surface area contributed by atoms with Gasteiger partial charge in [-0.1, -0.05) is 54.1 Å². The van der Waals surface area contributed by atoms with Gasteiger partial charge in [0, 0.05) is 22.9 Å². The largest absolute Gasteiger partial charge is 0.476 e. The molecule has 3 N–H and O–H groups in total. The molecule has 1 saturated carbocycles. The summed E-state index contributed by atoms with van der Waals surface area (Å²) >= 11 is 1.19. The number of primary sulfonamides is 1. The first-order valence-electron chi connectivity index (χ1n) is 13.4. The zero-order chi connectivity index (χ0) is 29.6. The average Bonchev–Trinajstić information content (AvgIpc) is 3.50. The summed E-state index contributed by atoms with van der Waals surface area (Å²) in [5.41, 5.74) is 6.93. The topological polar surface area (TPSA) is 128 Å². The number of nitrogens with two attached hydrogens (primary N) is 1. The van der Waals surface area contributed by atoms with Crippen LogP contribution in [-0.2, 0) is 22.9 Å². The summed E-state index contributed by atoms with van der Waals surface area (Å²) in [5.74, 6) is -1.59. The highest BCUT2D eigenvalue weighted by atomic mass is 32.2. The molecule has 1 aliphatic rings. The van der Waals surface area contributed by atoms with E-state index >= 15 is 0 Å². The summed E-state index contributed by atoms with van der Waals surface area (Å²) in [6.45, 7) is 2.03. The van der Waals surface area contributed by atoms with Crippen LogP contribution in [-0.4, -0.2) is 34.3 Å². The molecule has 0 saturated heterocycles. The monoisotopic (exact) mass is 602 g/mol. The van der Waals surface area contributed by atoms with Gasteiger partial charge in [-0.15, -0.1) is 11.3 Å². The van der Waals surface area contributed by atoms with Crippen molar-refractivity contribution >= 4 is 27.3 Å². The number of aromatic nitrogens is 3. The number of carboxylic acids is 1. The number of benzene rings is 3. The number of carbonyl (C=O) groups is 1. The standard InChI is InChI=1S/C31H27FN4O4S2/c1-18-5-10-21(11-6-18)22-3-2-4-23(16-22)29-24(13-20-9-12-28(25(32)14-20)42(33,39)40)27(15-19-7-8-19)36(35-29)31-34-26(17-41-31)30(37)38/h2-6,9-12,14,16-17,19H,7-8,13,15H2,1H3,(H,37,38)(H2,33,39,40). The van der Waals surface area contributed by atoms with Gasteiger partial charge in [0.1, 0.15) is 10.7 Å². The van der Waals surface area contributed by atoms with Crippen molar-refractivity contribution in [2.75, 3.05) is 0 Å². The van der Waals surface area contributed by atoms with Crippen molar-refractivity contribution in [3.63, 3.8) is 0 Å². The van der Waals surface area contributed by atoms with E-state index in [1.54, 1.807) is 10.7 Å². The van der Waals surface area contributed by atoms with Crippen LogP contribution >= 0.6 is 11.3 Å². The average molecular weight is 603 g/mol. The molecule has 0 bridgehead atoms. The fourth-order valence-electron chi connectivity index (χ4n) is 5.01. The minimum absolute atomic E-state index is 0.0620. The molecule has 0 atom stereocenters. The Balaban J connectivity index is 1.52. The molecule has 42 heavy (non-hydrogen) atoms. The highest BCUT2D eigenvalue weighted by Crippen LogP contribution is 2.39. The van der Waals surface area contributed by atoms with E-state index in [2.05, 4.69) is 35.3 Å². The molecule has 1 fully saturated rings. The summed E-state index contributed by atoms with van der Waals surface area (Å²) in [5, 5.41) is 21.6. The molecular formula is C31H27FN4O4S2. The lowest BCUT2D eigenvalue weighted by atomic mass is 9.95. The molecule has 2 heterocycles. The van der Waals surface area contributed by atoms with E-state index in [0.29, 0.717) is 28.7 Å². The van der Waals surface area contributed by atoms with Gasteiger partial charge in [0.2, 0.25) is 15.2 Å². The number of thiazole rings is 1. The Labute approximate surface area is 246 Å². The fraction of sp³-hybridized carbons (Fsp3) is 0.194. The number of nitrogens with zero attached hydrogens (tertiary/aromatic N) is 3. The molecule has 0 aliphatic heterocycles. The van der Waals surface area contributed by atoms with E-state index in [4.69, 9.17) is 10.2 Å². The van der Waals surface area contributed by atoms with Crippen molar-refractivity contribution in [2.24, 2.45) is 11.1 Å². The summed E-state index contributed by atoms with van der Waals surface area (Å²) in [6, 6.07) is 20.2. The first kappa shape index (κ1) is 28.0. The molecule has 3 aromatic carbocycles. The van der Waals surface area contributed by atoms with Crippen LogP contribution in [0.1, 0.15) is 45.7 Å². The predicted molar refractivity (Wildman–Crippen MR) is 159 cm³/mol. The van der Waals surface area contributed by atoms with Gasteiger partial charge in [0.25, 0.3) is 0 Å². The van der Waals surface area contributed by atoms with Gasteiger partial charge in [0.05, 0.1) is 11.4 Å². The number of hydrogen-bond acceptors (Lipinski definition) is 6. The third-order valence-corrected chi connectivity index (χ3v) is 9.13. The van der Waals surface area contributed by atoms with E-state index in [0.717, 1.165) is 46.4 Å². The number of carboxylic acid groups (broad SMARTS) is 1. The Hall–Kier alpha value is -4.19. The van der Waals surface area contributed by atoms with Gasteiger partial charge in [-0.05, 0) is 67.0 Å². The van der Waals surface area contributed by atoms with Crippen LogP contribution < -0.4 is 5.14 Å². The SMILES string of the molecule is Cc1ccc(-c2cccc(-c3nn(-c4nc(C(=O)O)cs4)c(CC4CC4)c3Cc3ccc(S(N)(=O)=O)c(F)c3)c2)cc1. The number of aromatic carboxylic acids is 1. The molecule has 11 heteroatoms. The number of sulfonamides is 1. The van der Waals surface area contributed by atoms with Crippen LogP contribution in [0.5, 0.6) is 0 Å². The van der Waals surface area contributed by atoms with E-state index < -0.39 is 26.7 Å². The first-order valence-corrected chi connectivity index (χ1v) is 15.8. The second-order valence-corrected chi connectivity index (χ2v) is 13.0. The van der Waals surface area contributed by atoms with E-state index in [-0.39, 0.29) is 12.1 Å². The second-order valence-electron chi connectivity index (χ2n) is 10.6. The normalized spacial score (nSPS) is 13.4. The molecule has 8 nitrogen and oxygen atoms in total. The van der Waals surface area contributed by atoms with Crippen molar-refractivity contribution in [3.8, 4) is 27.5 Å². The molecule has 2 aromatic heterocycles. The predicted octanol–water partition coefficient (Wildman–Crippen LogP) is 6.00. The third-order valence-electron chi connectivity index (χ3n) is 7.37. The maximum atomic E-state index is 14.9. The smallest absolute Gasteiger partial charge is 0.355 e. The summed E-state index contributed by atoms with van der Waals surface area (Å²) < 4.78 is 40.2. The van der Waals surface area contributed by atoms with E-state index in [1.165, 1.54) is 28.8 Å². The van der Waals surface area contributed by atoms with Crippen LogP contribution in [0.4, 0.5) is 4.39 Å². The Morgan fingerprint density at radius 2 is 1.81 bits per heavy atom. The first-order chi connectivity index (χ1) is 20.1. The summed E-state index contributed by atoms with van der Waals surface area (Å²) in [4.78, 5) is 15.4. The van der Waals surface area contributed by atoms with Gasteiger partial charge in [-0.25, -0.2) is 32.4 Å². The lowest BCUT2D eigenvalue weighted by Crippen LogP contribution is -2.14. The molecule has 6 rings (SSSR count). The molecule has 0 unspecified atom stereocenters. The van der Waals surface area contributed by atoms with E-state index in [9.17, 15) is 22.7 Å². The maximum absolute atomic E-state index is 14.9. The lowest BCUT2D eigenvalue weighted by molar-refractivity contribution is 0.0691. The Bertz CT molecular complexity index is 1930. The second kappa shape index (κ2) is 10.9. The molecule has 0 radical (unpaired) electrons. The maximum Gasteiger partial charge on any atom is 0.355 e. The third kappa shape index (κ3) is 5.76. The Morgan fingerprint density at radius 3 is 2.45 bits per heavy atom. The molecule has 1 aliphatic carbocycles. The van der Waals surface area contributed by atoms with E-state index in [1.807, 2.05) is 25.1 Å². The Morgan fingerprint density at radius 1 is 1.07 bits per heavy atom. The summed E-state index contributed by atoms with van der Waals surface area (Å²) in [7, 11) is -4.21. The molecule has 214 valence electrons. The van der Waals surface area contributed by atoms with Gasteiger partial charge >= 0.3 is 5.97 Å². The van der Waals surface area contributed by atoms with Gasteiger partial charge in [-0.3, -0.25) is 0 Å². The van der Waals surface area contributed by atoms with Gasteiger partial charge in [-0.2, -0.15) is 5.10 Å². The van der Waals surface area contributed by atoms with Crippen LogP contribution in [0.3, 0.4) is 0 Å². The fourth-order valence-corrected chi connectivity index (χ4v) is 6.37. The number of hydrogen-bond donors (Lipinski definition) is 2. The van der Waals surface area contributed by atoms with Crippen molar-refractivity contribution in [1.82, 2.24) is 14.8 Å². The van der Waals surface area contributed by atoms with Crippen molar-refractivity contribution < 1.29 is 22.7 Å². The van der Waals surface area contributed by atoms with Crippen LogP contribution in [0.15, 0.2) is 77.0 Å². The molecule has 5 aromatic rings. The van der Waals surface area contributed by atoms with Gasteiger partial charge in [0.15, 0.2) is 5.69 Å². The number of halogens is 1. The van der Waals surface area contributed by atoms with Crippen LogP contribution in [0.25, 0.3) is 27.5 Å². The quantitative estimate of drug-likeness (QED) is 0.213. The number of aryl methyl sites for hydroxylation is 1. The number of rotatable bonds is 9. The highest BCUT2D eigenvalue weighted by molar-refractivity contribution is 7.89. The molecule has 0 spiro atoms. The zero-order valence-corrected chi connectivity index (χ0v) is 24.3. The molecule has 0 amide bonds. The zero-order valence-electron chi connectivity index (χ0n) is 22.6. The van der Waals surface area contributed by atoms with Crippen LogP contribution in [0, 0.1) is 18.7 Å². The van der Waals surface area contributed by atoms with Crippen molar-refractivity contribution in [3.05, 3.63) is 106 Å². The molecular weight excluding hydrogens is 575 g/mol. The van der Waals surface area contributed by atoms with Gasteiger partial charge < -0.3 is 5.11 Å². The lowest BCUT2D eigenvalue weighted by Gasteiger charge is -2.10. The Kier molecular flexibility index (Phi) is 7.25. The summed E-state index contributed by atoms with van der Waals surface area (Å²) in [6.07, 6.45) is 3.10. The minimum Gasteiger partial charge on any atom is -0.476 e. The van der Waals surface area contributed by atoms with Crippen molar-refractivity contribution in [1.29, 1.82) is 0 Å². The highest BCUT2D eigenvalue weighted by Gasteiger charge is 2.29. The van der Waals surface area contributed by atoms with Crippen LogP contribution in [0.2, 0.25) is 0 Å². The van der Waals surface area contributed by atoms with Crippen molar-refractivity contribution in [2.45, 2.75) is 37.5 Å².